The van der Waals surface area contributed by atoms with Gasteiger partial charge < -0.3 is 4.57 Å². The maximum absolute atomic E-state index is 14.5. The first-order chi connectivity index (χ1) is 10.9. The predicted octanol–water partition coefficient (Wildman–Crippen LogP) is 4.05. The summed E-state index contributed by atoms with van der Waals surface area (Å²) in [5, 5.41) is 9.22. The molecule has 0 aliphatic carbocycles. The number of hydrogen-bond acceptors (Lipinski definition) is 4. The van der Waals surface area contributed by atoms with Crippen molar-refractivity contribution in [2.24, 2.45) is 0 Å². The standard InChI is InChI=1S/C16H13ClFN5/c1-8(2)23-9(3)21-15-12(18)4-10(5-13(15)23)14-11(6-19)7-20-16(17)22-14/h4-5,7-8H,1-3H3. The van der Waals surface area contributed by atoms with E-state index in [4.69, 9.17) is 11.6 Å². The number of imidazole rings is 1. The number of rotatable bonds is 2. The Labute approximate surface area is 137 Å². The van der Waals surface area contributed by atoms with Crippen LogP contribution in [0.25, 0.3) is 22.3 Å². The summed E-state index contributed by atoms with van der Waals surface area (Å²) in [5.41, 5.74) is 1.98. The van der Waals surface area contributed by atoms with Crippen LogP contribution in [0.3, 0.4) is 0 Å². The SMILES string of the molecule is Cc1nc2c(F)cc(-c3nc(Cl)ncc3C#N)cc2n1C(C)C. The third-order valence-corrected chi connectivity index (χ3v) is 3.78. The van der Waals surface area contributed by atoms with Crippen LogP contribution in [0, 0.1) is 24.1 Å². The maximum Gasteiger partial charge on any atom is 0.222 e. The fourth-order valence-corrected chi connectivity index (χ4v) is 2.85. The van der Waals surface area contributed by atoms with Gasteiger partial charge in [0.2, 0.25) is 5.28 Å². The molecule has 0 N–H and O–H groups in total. The summed E-state index contributed by atoms with van der Waals surface area (Å²) in [6.07, 6.45) is 1.33. The van der Waals surface area contributed by atoms with Crippen LogP contribution in [-0.4, -0.2) is 19.5 Å². The molecule has 0 unspecified atom stereocenters. The number of aromatic nitrogens is 4. The topological polar surface area (TPSA) is 67.4 Å². The summed E-state index contributed by atoms with van der Waals surface area (Å²) in [4.78, 5) is 12.2. The molecular formula is C16H13ClFN5. The highest BCUT2D eigenvalue weighted by Crippen LogP contribution is 2.30. The van der Waals surface area contributed by atoms with Crippen LogP contribution in [0.4, 0.5) is 4.39 Å². The minimum absolute atomic E-state index is 0.00746. The fraction of sp³-hybridized carbons (Fsp3) is 0.250. The maximum atomic E-state index is 14.5. The van der Waals surface area contributed by atoms with E-state index in [1.165, 1.54) is 12.3 Å². The Bertz CT molecular complexity index is 955. The third-order valence-electron chi connectivity index (χ3n) is 3.59. The summed E-state index contributed by atoms with van der Waals surface area (Å²) >= 11 is 5.82. The predicted molar refractivity (Wildman–Crippen MR) is 85.6 cm³/mol. The van der Waals surface area contributed by atoms with Crippen molar-refractivity contribution in [3.8, 4) is 17.3 Å². The van der Waals surface area contributed by atoms with Gasteiger partial charge in [0.1, 0.15) is 17.4 Å². The number of benzene rings is 1. The zero-order valence-electron chi connectivity index (χ0n) is 12.8. The summed E-state index contributed by atoms with van der Waals surface area (Å²) in [6, 6.07) is 5.22. The number of nitriles is 1. The lowest BCUT2D eigenvalue weighted by Gasteiger charge is -2.12. The minimum atomic E-state index is -0.460. The molecule has 0 saturated heterocycles. The lowest BCUT2D eigenvalue weighted by Crippen LogP contribution is -2.03. The first-order valence-electron chi connectivity index (χ1n) is 7.03. The van der Waals surface area contributed by atoms with Gasteiger partial charge in [0.25, 0.3) is 0 Å². The number of hydrogen-bond donors (Lipinski definition) is 0. The number of halogens is 2. The zero-order valence-corrected chi connectivity index (χ0v) is 13.6. The Kier molecular flexibility index (Phi) is 3.74. The van der Waals surface area contributed by atoms with Crippen LogP contribution in [0.2, 0.25) is 5.28 Å². The molecule has 2 aromatic heterocycles. The Morgan fingerprint density at radius 1 is 1.30 bits per heavy atom. The lowest BCUT2D eigenvalue weighted by atomic mass is 10.1. The normalized spacial score (nSPS) is 11.2. The van der Waals surface area contributed by atoms with Gasteiger partial charge in [-0.05, 0) is 44.5 Å². The van der Waals surface area contributed by atoms with Crippen molar-refractivity contribution in [3.05, 3.63) is 40.8 Å². The zero-order chi connectivity index (χ0) is 16.7. The molecule has 0 spiro atoms. The molecule has 3 aromatic rings. The van der Waals surface area contributed by atoms with E-state index in [2.05, 4.69) is 15.0 Å². The number of nitrogens with zero attached hydrogens (tertiary/aromatic N) is 5. The minimum Gasteiger partial charge on any atom is -0.326 e. The van der Waals surface area contributed by atoms with E-state index in [-0.39, 0.29) is 16.9 Å². The van der Waals surface area contributed by atoms with E-state index in [0.29, 0.717) is 22.3 Å². The summed E-state index contributed by atoms with van der Waals surface area (Å²) in [6.45, 7) is 5.84. The van der Waals surface area contributed by atoms with E-state index < -0.39 is 5.82 Å². The average molecular weight is 330 g/mol. The Balaban J connectivity index is 2.35. The smallest absolute Gasteiger partial charge is 0.222 e. The van der Waals surface area contributed by atoms with Gasteiger partial charge >= 0.3 is 0 Å². The molecular weight excluding hydrogens is 317 g/mol. The molecule has 23 heavy (non-hydrogen) atoms. The molecule has 0 atom stereocenters. The molecule has 1 aromatic carbocycles. The Hall–Kier alpha value is -2.52. The second-order valence-corrected chi connectivity index (χ2v) is 5.80. The highest BCUT2D eigenvalue weighted by Gasteiger charge is 2.17. The lowest BCUT2D eigenvalue weighted by molar-refractivity contribution is 0.600. The van der Waals surface area contributed by atoms with Crippen molar-refractivity contribution in [1.82, 2.24) is 19.5 Å². The van der Waals surface area contributed by atoms with Crippen LogP contribution in [0.5, 0.6) is 0 Å². The van der Waals surface area contributed by atoms with E-state index in [0.717, 1.165) is 5.82 Å². The summed E-state index contributed by atoms with van der Waals surface area (Å²) in [7, 11) is 0. The largest absolute Gasteiger partial charge is 0.326 e. The Morgan fingerprint density at radius 2 is 2.04 bits per heavy atom. The van der Waals surface area contributed by atoms with Crippen LogP contribution in [0.15, 0.2) is 18.3 Å². The van der Waals surface area contributed by atoms with Crippen LogP contribution < -0.4 is 0 Å². The first-order valence-corrected chi connectivity index (χ1v) is 7.41. The summed E-state index contributed by atoms with van der Waals surface area (Å²) < 4.78 is 16.4. The molecule has 3 rings (SSSR count). The second-order valence-electron chi connectivity index (χ2n) is 5.46. The molecule has 0 amide bonds. The van der Waals surface area contributed by atoms with E-state index in [1.54, 1.807) is 6.07 Å². The molecule has 0 aliphatic heterocycles. The van der Waals surface area contributed by atoms with Crippen LogP contribution in [0.1, 0.15) is 31.3 Å². The van der Waals surface area contributed by atoms with E-state index >= 15 is 0 Å². The molecule has 7 heteroatoms. The highest BCUT2D eigenvalue weighted by molar-refractivity contribution is 6.28. The van der Waals surface area contributed by atoms with Crippen molar-refractivity contribution < 1.29 is 4.39 Å². The van der Waals surface area contributed by atoms with Gasteiger partial charge in [-0.3, -0.25) is 0 Å². The molecule has 5 nitrogen and oxygen atoms in total. The van der Waals surface area contributed by atoms with Gasteiger partial charge in [-0.25, -0.2) is 19.3 Å². The van der Waals surface area contributed by atoms with Gasteiger partial charge in [0, 0.05) is 11.6 Å². The van der Waals surface area contributed by atoms with Crippen LogP contribution in [-0.2, 0) is 0 Å². The molecule has 0 fully saturated rings. The Morgan fingerprint density at radius 3 is 2.70 bits per heavy atom. The van der Waals surface area contributed by atoms with Crippen molar-refractivity contribution in [2.75, 3.05) is 0 Å². The van der Waals surface area contributed by atoms with Crippen molar-refractivity contribution >= 4 is 22.6 Å². The van der Waals surface area contributed by atoms with Gasteiger partial charge in [0.15, 0.2) is 5.82 Å². The van der Waals surface area contributed by atoms with Crippen molar-refractivity contribution in [2.45, 2.75) is 26.8 Å². The molecule has 116 valence electrons. The van der Waals surface area contributed by atoms with Gasteiger partial charge in [0.05, 0.1) is 23.0 Å². The van der Waals surface area contributed by atoms with Crippen molar-refractivity contribution in [1.29, 1.82) is 5.26 Å². The first kappa shape index (κ1) is 15.4. The quantitative estimate of drug-likeness (QED) is 0.665. The molecule has 0 radical (unpaired) electrons. The average Bonchev–Trinajstić information content (AvgIpc) is 2.84. The van der Waals surface area contributed by atoms with Gasteiger partial charge in [-0.15, -0.1) is 0 Å². The summed E-state index contributed by atoms with van der Waals surface area (Å²) in [5.74, 6) is 0.269. The van der Waals surface area contributed by atoms with Gasteiger partial charge in [-0.2, -0.15) is 5.26 Å². The fourth-order valence-electron chi connectivity index (χ4n) is 2.72. The molecule has 0 aliphatic rings. The van der Waals surface area contributed by atoms with Crippen LogP contribution >= 0.6 is 11.6 Å². The van der Waals surface area contributed by atoms with E-state index in [9.17, 15) is 9.65 Å². The van der Waals surface area contributed by atoms with Crippen molar-refractivity contribution in [3.63, 3.8) is 0 Å². The number of aryl methyl sites for hydroxylation is 1. The second kappa shape index (κ2) is 5.60. The monoisotopic (exact) mass is 329 g/mol. The molecule has 0 bridgehead atoms. The highest BCUT2D eigenvalue weighted by atomic mass is 35.5. The molecule has 0 saturated carbocycles. The number of fused-ring (bicyclic) bond motifs is 1. The van der Waals surface area contributed by atoms with Gasteiger partial charge in [-0.1, -0.05) is 0 Å². The third kappa shape index (κ3) is 2.53. The molecule has 2 heterocycles. The van der Waals surface area contributed by atoms with E-state index in [1.807, 2.05) is 31.4 Å².